The van der Waals surface area contributed by atoms with Crippen molar-refractivity contribution in [3.05, 3.63) is 58.6 Å². The van der Waals surface area contributed by atoms with Crippen molar-refractivity contribution in [2.75, 3.05) is 5.32 Å². The number of aryl methyl sites for hydroxylation is 2. The maximum absolute atomic E-state index is 12.4. The molecule has 0 spiro atoms. The Hall–Kier alpha value is -2.00. The molecular weight excluding hydrogens is 298 g/mol. The van der Waals surface area contributed by atoms with Gasteiger partial charge in [0.15, 0.2) is 6.10 Å². The highest BCUT2D eigenvalue weighted by atomic mass is 35.5. The third-order valence-corrected chi connectivity index (χ3v) is 3.78. The number of halogens is 1. The number of nitrogens with one attached hydrogen (secondary N) is 1. The van der Waals surface area contributed by atoms with E-state index in [1.165, 1.54) is 0 Å². The number of carbonyl (C=O) groups excluding carboxylic acids is 1. The van der Waals surface area contributed by atoms with Crippen molar-refractivity contribution in [2.24, 2.45) is 0 Å². The van der Waals surface area contributed by atoms with Crippen molar-refractivity contribution < 1.29 is 9.53 Å². The predicted octanol–water partition coefficient (Wildman–Crippen LogP) is 4.75. The van der Waals surface area contributed by atoms with Crippen molar-refractivity contribution in [3.63, 3.8) is 0 Å². The summed E-state index contributed by atoms with van der Waals surface area (Å²) in [5, 5.41) is 3.48. The maximum Gasteiger partial charge on any atom is 0.265 e. The fourth-order valence-electron chi connectivity index (χ4n) is 2.07. The zero-order valence-corrected chi connectivity index (χ0v) is 13.8. The lowest BCUT2D eigenvalue weighted by molar-refractivity contribution is -0.122. The Kier molecular flexibility index (Phi) is 5.45. The van der Waals surface area contributed by atoms with E-state index < -0.39 is 6.10 Å². The summed E-state index contributed by atoms with van der Waals surface area (Å²) in [6, 6.07) is 13.1. The zero-order chi connectivity index (χ0) is 16.1. The standard InChI is InChI=1S/C18H20ClNO2/c1-4-17(22-15-7-5-6-12(2)10-15)18(21)20-14-9-8-13(3)16(19)11-14/h5-11,17H,4H2,1-3H3,(H,20,21)/t17-/m0/s1. The van der Waals surface area contributed by atoms with Gasteiger partial charge in [-0.05, 0) is 55.7 Å². The lowest BCUT2D eigenvalue weighted by atomic mass is 10.2. The van der Waals surface area contributed by atoms with Gasteiger partial charge in [0.1, 0.15) is 5.75 Å². The quantitative estimate of drug-likeness (QED) is 0.864. The summed E-state index contributed by atoms with van der Waals surface area (Å²) in [5.41, 5.74) is 2.74. The Morgan fingerprint density at radius 2 is 2.00 bits per heavy atom. The predicted molar refractivity (Wildman–Crippen MR) is 90.7 cm³/mol. The summed E-state index contributed by atoms with van der Waals surface area (Å²) >= 11 is 6.08. The topological polar surface area (TPSA) is 38.3 Å². The number of rotatable bonds is 5. The highest BCUT2D eigenvalue weighted by molar-refractivity contribution is 6.31. The Balaban J connectivity index is 2.06. The molecule has 0 saturated carbocycles. The second-order valence-electron chi connectivity index (χ2n) is 5.28. The average Bonchev–Trinajstić information content (AvgIpc) is 2.48. The number of amides is 1. The summed E-state index contributed by atoms with van der Waals surface area (Å²) in [5.74, 6) is 0.521. The van der Waals surface area contributed by atoms with Crippen LogP contribution in [0.4, 0.5) is 5.69 Å². The van der Waals surface area contributed by atoms with Gasteiger partial charge in [-0.1, -0.05) is 36.7 Å². The van der Waals surface area contributed by atoms with Crippen molar-refractivity contribution in [1.29, 1.82) is 0 Å². The minimum Gasteiger partial charge on any atom is -0.481 e. The molecule has 4 heteroatoms. The normalized spacial score (nSPS) is 11.8. The second-order valence-corrected chi connectivity index (χ2v) is 5.69. The molecule has 0 aliphatic carbocycles. The van der Waals surface area contributed by atoms with Gasteiger partial charge in [0.2, 0.25) is 0 Å². The van der Waals surface area contributed by atoms with Crippen LogP contribution in [0, 0.1) is 13.8 Å². The van der Waals surface area contributed by atoms with Gasteiger partial charge in [-0.25, -0.2) is 0 Å². The van der Waals surface area contributed by atoms with Crippen LogP contribution in [0.1, 0.15) is 24.5 Å². The maximum atomic E-state index is 12.4. The number of hydrogen-bond donors (Lipinski definition) is 1. The third-order valence-electron chi connectivity index (χ3n) is 3.37. The lowest BCUT2D eigenvalue weighted by Crippen LogP contribution is -2.32. The van der Waals surface area contributed by atoms with Crippen LogP contribution in [0.3, 0.4) is 0 Å². The van der Waals surface area contributed by atoms with Crippen molar-refractivity contribution in [1.82, 2.24) is 0 Å². The summed E-state index contributed by atoms with van der Waals surface area (Å²) in [6.07, 6.45) is 0.0428. The molecule has 0 aliphatic heterocycles. The molecule has 0 unspecified atom stereocenters. The van der Waals surface area contributed by atoms with Crippen molar-refractivity contribution in [2.45, 2.75) is 33.3 Å². The first-order valence-corrected chi connectivity index (χ1v) is 7.67. The third kappa shape index (κ3) is 4.25. The summed E-state index contributed by atoms with van der Waals surface area (Å²) < 4.78 is 5.79. The molecule has 1 atom stereocenters. The van der Waals surface area contributed by atoms with E-state index in [4.69, 9.17) is 16.3 Å². The van der Waals surface area contributed by atoms with Gasteiger partial charge in [-0.15, -0.1) is 0 Å². The average molecular weight is 318 g/mol. The smallest absolute Gasteiger partial charge is 0.265 e. The Bertz CT molecular complexity index is 670. The van der Waals surface area contributed by atoms with Gasteiger partial charge in [0.05, 0.1) is 0 Å². The van der Waals surface area contributed by atoms with Gasteiger partial charge in [-0.3, -0.25) is 4.79 Å². The van der Waals surface area contributed by atoms with Crippen LogP contribution in [-0.2, 0) is 4.79 Å². The summed E-state index contributed by atoms with van der Waals surface area (Å²) in [6.45, 7) is 5.83. The Morgan fingerprint density at radius 3 is 2.64 bits per heavy atom. The number of benzene rings is 2. The molecule has 1 amide bonds. The number of anilines is 1. The minimum absolute atomic E-state index is 0.177. The Morgan fingerprint density at radius 1 is 1.23 bits per heavy atom. The molecular formula is C18H20ClNO2. The molecule has 2 rings (SSSR count). The molecule has 1 N–H and O–H groups in total. The van der Waals surface area contributed by atoms with E-state index in [0.29, 0.717) is 22.9 Å². The van der Waals surface area contributed by atoms with E-state index in [1.807, 2.05) is 57.2 Å². The molecule has 3 nitrogen and oxygen atoms in total. The van der Waals surface area contributed by atoms with E-state index in [2.05, 4.69) is 5.32 Å². The van der Waals surface area contributed by atoms with Crippen LogP contribution in [0.2, 0.25) is 5.02 Å². The van der Waals surface area contributed by atoms with Gasteiger partial charge >= 0.3 is 0 Å². The van der Waals surface area contributed by atoms with E-state index in [0.717, 1.165) is 11.1 Å². The molecule has 0 saturated heterocycles. The van der Waals surface area contributed by atoms with E-state index in [-0.39, 0.29) is 5.91 Å². The van der Waals surface area contributed by atoms with E-state index in [1.54, 1.807) is 6.07 Å². The molecule has 0 heterocycles. The van der Waals surface area contributed by atoms with Crippen LogP contribution >= 0.6 is 11.6 Å². The number of hydrogen-bond acceptors (Lipinski definition) is 2. The first kappa shape index (κ1) is 16.4. The second kappa shape index (κ2) is 7.32. The van der Waals surface area contributed by atoms with Crippen LogP contribution in [0.5, 0.6) is 5.75 Å². The Labute approximate surface area is 136 Å². The molecule has 0 aliphatic rings. The zero-order valence-electron chi connectivity index (χ0n) is 13.0. The largest absolute Gasteiger partial charge is 0.481 e. The SMILES string of the molecule is CC[C@H](Oc1cccc(C)c1)C(=O)Nc1ccc(C)c(Cl)c1. The monoisotopic (exact) mass is 317 g/mol. The van der Waals surface area contributed by atoms with Crippen LogP contribution in [0.25, 0.3) is 0 Å². The highest BCUT2D eigenvalue weighted by Gasteiger charge is 2.18. The van der Waals surface area contributed by atoms with Gasteiger partial charge in [0.25, 0.3) is 5.91 Å². The van der Waals surface area contributed by atoms with Gasteiger partial charge < -0.3 is 10.1 Å². The molecule has 0 aromatic heterocycles. The minimum atomic E-state index is -0.540. The molecule has 2 aromatic rings. The first-order valence-electron chi connectivity index (χ1n) is 7.30. The number of ether oxygens (including phenoxy) is 1. The fourth-order valence-corrected chi connectivity index (χ4v) is 2.25. The van der Waals surface area contributed by atoms with E-state index >= 15 is 0 Å². The molecule has 22 heavy (non-hydrogen) atoms. The lowest BCUT2D eigenvalue weighted by Gasteiger charge is -2.18. The van der Waals surface area contributed by atoms with Gasteiger partial charge in [0, 0.05) is 10.7 Å². The fraction of sp³-hybridized carbons (Fsp3) is 0.278. The highest BCUT2D eigenvalue weighted by Crippen LogP contribution is 2.21. The summed E-state index contributed by atoms with van der Waals surface area (Å²) in [4.78, 5) is 12.4. The van der Waals surface area contributed by atoms with Crippen molar-refractivity contribution >= 4 is 23.2 Å². The van der Waals surface area contributed by atoms with Crippen molar-refractivity contribution in [3.8, 4) is 5.75 Å². The van der Waals surface area contributed by atoms with Gasteiger partial charge in [-0.2, -0.15) is 0 Å². The molecule has 116 valence electrons. The molecule has 0 fully saturated rings. The first-order chi connectivity index (χ1) is 10.5. The van der Waals surface area contributed by atoms with E-state index in [9.17, 15) is 4.79 Å². The van der Waals surface area contributed by atoms with Crippen LogP contribution in [-0.4, -0.2) is 12.0 Å². The van der Waals surface area contributed by atoms with Crippen LogP contribution in [0.15, 0.2) is 42.5 Å². The molecule has 0 radical (unpaired) electrons. The van der Waals surface area contributed by atoms with Crippen LogP contribution < -0.4 is 10.1 Å². The summed E-state index contributed by atoms with van der Waals surface area (Å²) in [7, 11) is 0. The molecule has 2 aromatic carbocycles. The number of carbonyl (C=O) groups is 1. The molecule has 0 bridgehead atoms.